The molecule has 0 aliphatic carbocycles. The number of aliphatic hydroxyl groups excluding tert-OH is 1. The van der Waals surface area contributed by atoms with Crippen molar-refractivity contribution in [3.8, 4) is 0 Å². The van der Waals surface area contributed by atoms with E-state index in [-0.39, 0.29) is 11.2 Å². The summed E-state index contributed by atoms with van der Waals surface area (Å²) in [6.07, 6.45) is -0.396. The Morgan fingerprint density at radius 1 is 1.35 bits per heavy atom. The molecule has 0 heterocycles. The van der Waals surface area contributed by atoms with E-state index in [4.69, 9.17) is 0 Å². The van der Waals surface area contributed by atoms with Crippen molar-refractivity contribution in [2.75, 3.05) is 11.1 Å². The zero-order valence-corrected chi connectivity index (χ0v) is 11.3. The van der Waals surface area contributed by atoms with Crippen molar-refractivity contribution in [3.05, 3.63) is 29.8 Å². The summed E-state index contributed by atoms with van der Waals surface area (Å²) in [7, 11) is 0. The quantitative estimate of drug-likeness (QED) is 0.847. The summed E-state index contributed by atoms with van der Waals surface area (Å²) in [6.45, 7) is 5.65. The molecule has 1 amide bonds. The molecule has 0 bridgehead atoms. The maximum atomic E-state index is 11.6. The van der Waals surface area contributed by atoms with Crippen molar-refractivity contribution in [1.29, 1.82) is 0 Å². The SMILES string of the molecule is Cc1ccc(NC(=O)CSC(C)C(C)O)cc1. The number of hydrogen-bond acceptors (Lipinski definition) is 3. The van der Waals surface area contributed by atoms with E-state index in [2.05, 4.69) is 5.32 Å². The molecule has 0 fully saturated rings. The summed E-state index contributed by atoms with van der Waals surface area (Å²) in [5, 5.41) is 12.2. The van der Waals surface area contributed by atoms with Gasteiger partial charge in [-0.25, -0.2) is 0 Å². The molecule has 0 aromatic heterocycles. The maximum Gasteiger partial charge on any atom is 0.234 e. The summed E-state index contributed by atoms with van der Waals surface area (Å²) in [4.78, 5) is 11.6. The highest BCUT2D eigenvalue weighted by atomic mass is 32.2. The molecule has 1 aromatic carbocycles. The Kier molecular flexibility index (Phi) is 5.51. The van der Waals surface area contributed by atoms with Gasteiger partial charge in [-0.15, -0.1) is 11.8 Å². The first-order valence-corrected chi connectivity index (χ1v) is 6.70. The first kappa shape index (κ1) is 14.1. The molecule has 1 aromatic rings. The van der Waals surface area contributed by atoms with Crippen LogP contribution in [-0.4, -0.2) is 28.1 Å². The number of amides is 1. The highest BCUT2D eigenvalue weighted by molar-refractivity contribution is 8.00. The van der Waals surface area contributed by atoms with Crippen molar-refractivity contribution in [3.63, 3.8) is 0 Å². The fourth-order valence-corrected chi connectivity index (χ4v) is 1.95. The molecule has 94 valence electrons. The summed E-state index contributed by atoms with van der Waals surface area (Å²) >= 11 is 1.45. The number of thioether (sulfide) groups is 1. The Balaban J connectivity index is 2.37. The first-order valence-electron chi connectivity index (χ1n) is 5.65. The van der Waals surface area contributed by atoms with Crippen LogP contribution >= 0.6 is 11.8 Å². The van der Waals surface area contributed by atoms with Crippen LogP contribution in [0.25, 0.3) is 0 Å². The van der Waals surface area contributed by atoms with Gasteiger partial charge < -0.3 is 10.4 Å². The minimum atomic E-state index is -0.396. The second kappa shape index (κ2) is 6.67. The summed E-state index contributed by atoms with van der Waals surface area (Å²) < 4.78 is 0. The van der Waals surface area contributed by atoms with E-state index in [1.54, 1.807) is 6.92 Å². The van der Waals surface area contributed by atoms with E-state index in [1.165, 1.54) is 17.3 Å². The Morgan fingerprint density at radius 3 is 2.47 bits per heavy atom. The Labute approximate surface area is 107 Å². The molecule has 2 N–H and O–H groups in total. The summed E-state index contributed by atoms with van der Waals surface area (Å²) in [5.74, 6) is 0.325. The van der Waals surface area contributed by atoms with Crippen LogP contribution in [0.5, 0.6) is 0 Å². The molecular formula is C13H19NO2S. The van der Waals surface area contributed by atoms with E-state index < -0.39 is 6.10 Å². The van der Waals surface area contributed by atoms with Gasteiger partial charge in [-0.2, -0.15) is 0 Å². The molecule has 0 spiro atoms. The predicted molar refractivity (Wildman–Crippen MR) is 73.4 cm³/mol. The van der Waals surface area contributed by atoms with Crippen molar-refractivity contribution in [2.45, 2.75) is 32.1 Å². The van der Waals surface area contributed by atoms with Gasteiger partial charge in [0.25, 0.3) is 0 Å². The molecule has 0 saturated carbocycles. The fourth-order valence-electron chi connectivity index (χ4n) is 1.18. The molecule has 0 radical (unpaired) electrons. The van der Waals surface area contributed by atoms with Crippen LogP contribution in [0.15, 0.2) is 24.3 Å². The highest BCUT2D eigenvalue weighted by Crippen LogP contribution is 2.15. The lowest BCUT2D eigenvalue weighted by molar-refractivity contribution is -0.113. The van der Waals surface area contributed by atoms with Crippen LogP contribution in [0.1, 0.15) is 19.4 Å². The van der Waals surface area contributed by atoms with Gasteiger partial charge in [0, 0.05) is 10.9 Å². The molecule has 4 heteroatoms. The fraction of sp³-hybridized carbons (Fsp3) is 0.462. The van der Waals surface area contributed by atoms with Gasteiger partial charge in [0.1, 0.15) is 0 Å². The molecule has 0 saturated heterocycles. The predicted octanol–water partition coefficient (Wildman–Crippen LogP) is 2.44. The number of hydrogen-bond donors (Lipinski definition) is 2. The molecule has 3 nitrogen and oxygen atoms in total. The molecule has 2 atom stereocenters. The van der Waals surface area contributed by atoms with E-state index in [9.17, 15) is 9.90 Å². The van der Waals surface area contributed by atoms with Gasteiger partial charge in [0.05, 0.1) is 11.9 Å². The second-order valence-corrected chi connectivity index (χ2v) is 5.54. The standard InChI is InChI=1S/C13H19NO2S/c1-9-4-6-12(7-5-9)14-13(16)8-17-11(3)10(2)15/h4-7,10-11,15H,8H2,1-3H3,(H,14,16). The molecular weight excluding hydrogens is 234 g/mol. The van der Waals surface area contributed by atoms with Gasteiger partial charge in [0.2, 0.25) is 5.91 Å². The molecule has 1 rings (SSSR count). The maximum absolute atomic E-state index is 11.6. The van der Waals surface area contributed by atoms with Crippen LogP contribution in [0.3, 0.4) is 0 Å². The normalized spacial score (nSPS) is 14.1. The van der Waals surface area contributed by atoms with E-state index >= 15 is 0 Å². The molecule has 17 heavy (non-hydrogen) atoms. The molecule has 0 aliphatic rings. The van der Waals surface area contributed by atoms with Gasteiger partial charge in [-0.3, -0.25) is 4.79 Å². The zero-order valence-electron chi connectivity index (χ0n) is 10.4. The van der Waals surface area contributed by atoms with Gasteiger partial charge in [0.15, 0.2) is 0 Å². The van der Waals surface area contributed by atoms with Crippen molar-refractivity contribution < 1.29 is 9.90 Å². The Bertz CT molecular complexity index is 362. The number of carbonyl (C=O) groups excluding carboxylic acids is 1. The van der Waals surface area contributed by atoms with Gasteiger partial charge in [-0.05, 0) is 26.0 Å². The number of rotatable bonds is 5. The third kappa shape index (κ3) is 5.24. The zero-order chi connectivity index (χ0) is 12.8. The van der Waals surface area contributed by atoms with Gasteiger partial charge >= 0.3 is 0 Å². The van der Waals surface area contributed by atoms with Crippen molar-refractivity contribution in [2.24, 2.45) is 0 Å². The van der Waals surface area contributed by atoms with Crippen LogP contribution in [0, 0.1) is 6.92 Å². The van der Waals surface area contributed by atoms with Crippen molar-refractivity contribution >= 4 is 23.4 Å². The van der Waals surface area contributed by atoms with Crippen LogP contribution in [0.4, 0.5) is 5.69 Å². The van der Waals surface area contributed by atoms with E-state index in [0.29, 0.717) is 5.75 Å². The van der Waals surface area contributed by atoms with Crippen LogP contribution in [-0.2, 0) is 4.79 Å². The Hall–Kier alpha value is -1.00. The topological polar surface area (TPSA) is 49.3 Å². The number of anilines is 1. The van der Waals surface area contributed by atoms with Gasteiger partial charge in [-0.1, -0.05) is 24.6 Å². The highest BCUT2D eigenvalue weighted by Gasteiger charge is 2.11. The average Bonchev–Trinajstić information content (AvgIpc) is 2.29. The lowest BCUT2D eigenvalue weighted by Crippen LogP contribution is -2.20. The van der Waals surface area contributed by atoms with Crippen LogP contribution < -0.4 is 5.32 Å². The Morgan fingerprint density at radius 2 is 1.94 bits per heavy atom. The van der Waals surface area contributed by atoms with Crippen molar-refractivity contribution in [1.82, 2.24) is 0 Å². The number of nitrogens with one attached hydrogen (secondary N) is 1. The second-order valence-electron chi connectivity index (χ2n) is 4.17. The first-order chi connectivity index (χ1) is 7.99. The lowest BCUT2D eigenvalue weighted by atomic mass is 10.2. The molecule has 2 unspecified atom stereocenters. The lowest BCUT2D eigenvalue weighted by Gasteiger charge is -2.13. The van der Waals surface area contributed by atoms with E-state index in [0.717, 1.165) is 5.69 Å². The number of benzene rings is 1. The van der Waals surface area contributed by atoms with Crippen LogP contribution in [0.2, 0.25) is 0 Å². The largest absolute Gasteiger partial charge is 0.392 e. The number of carbonyl (C=O) groups is 1. The van der Waals surface area contributed by atoms with E-state index in [1.807, 2.05) is 38.1 Å². The average molecular weight is 253 g/mol. The number of aryl methyl sites for hydroxylation is 1. The minimum Gasteiger partial charge on any atom is -0.392 e. The summed E-state index contributed by atoms with van der Waals surface area (Å²) in [5.41, 5.74) is 1.98. The summed E-state index contributed by atoms with van der Waals surface area (Å²) in [6, 6.07) is 7.69. The number of aliphatic hydroxyl groups is 1. The smallest absolute Gasteiger partial charge is 0.234 e. The third-order valence-corrected chi connectivity index (χ3v) is 3.84. The monoisotopic (exact) mass is 253 g/mol. The minimum absolute atomic E-state index is 0.0358. The third-order valence-electron chi connectivity index (χ3n) is 2.49. The molecule has 0 aliphatic heterocycles.